The second-order valence-corrected chi connectivity index (χ2v) is 5.69. The van der Waals surface area contributed by atoms with Gasteiger partial charge < -0.3 is 10.6 Å². The van der Waals surface area contributed by atoms with Crippen molar-refractivity contribution in [1.29, 1.82) is 0 Å². The van der Waals surface area contributed by atoms with E-state index in [1.165, 1.54) is 0 Å². The summed E-state index contributed by atoms with van der Waals surface area (Å²) in [5.74, 6) is 0.593. The van der Waals surface area contributed by atoms with Gasteiger partial charge in [-0.3, -0.25) is 4.79 Å². The molecule has 0 heterocycles. The maximum absolute atomic E-state index is 11.3. The van der Waals surface area contributed by atoms with Gasteiger partial charge in [-0.1, -0.05) is 34.6 Å². The fraction of sp³-hybridized carbons (Fsp3) is 0.917. The molecule has 0 unspecified atom stereocenters. The second-order valence-electron chi connectivity index (χ2n) is 5.69. The molecule has 0 saturated heterocycles. The quantitative estimate of drug-likeness (QED) is 0.662. The lowest BCUT2D eigenvalue weighted by Gasteiger charge is -2.18. The molecule has 1 amide bonds. The van der Waals surface area contributed by atoms with Crippen molar-refractivity contribution in [2.24, 2.45) is 11.3 Å². The van der Waals surface area contributed by atoms with Crippen LogP contribution in [0.4, 0.5) is 0 Å². The average molecular weight is 214 g/mol. The summed E-state index contributed by atoms with van der Waals surface area (Å²) >= 11 is 0. The van der Waals surface area contributed by atoms with Crippen LogP contribution >= 0.6 is 0 Å². The van der Waals surface area contributed by atoms with E-state index in [4.69, 9.17) is 0 Å². The molecule has 3 nitrogen and oxygen atoms in total. The number of hydrogen-bond donors (Lipinski definition) is 2. The van der Waals surface area contributed by atoms with Gasteiger partial charge in [0, 0.05) is 26.1 Å². The zero-order chi connectivity index (χ0) is 11.9. The minimum Gasteiger partial charge on any atom is -0.355 e. The highest BCUT2D eigenvalue weighted by molar-refractivity contribution is 5.75. The van der Waals surface area contributed by atoms with Crippen molar-refractivity contribution in [2.75, 3.05) is 19.6 Å². The Hall–Kier alpha value is -0.570. The van der Waals surface area contributed by atoms with Crippen molar-refractivity contribution >= 4 is 5.91 Å². The van der Waals surface area contributed by atoms with Crippen LogP contribution < -0.4 is 10.6 Å². The van der Waals surface area contributed by atoms with Gasteiger partial charge in [-0.25, -0.2) is 0 Å². The normalized spacial score (nSPS) is 11.9. The van der Waals surface area contributed by atoms with Gasteiger partial charge in [0.25, 0.3) is 0 Å². The lowest BCUT2D eigenvalue weighted by atomic mass is 9.97. The summed E-state index contributed by atoms with van der Waals surface area (Å²) in [4.78, 5) is 11.3. The summed E-state index contributed by atoms with van der Waals surface area (Å²) in [6, 6.07) is 0. The summed E-state index contributed by atoms with van der Waals surface area (Å²) in [5, 5.41) is 6.22. The molecule has 0 radical (unpaired) electrons. The third-order valence-electron chi connectivity index (χ3n) is 1.87. The predicted octanol–water partition coefficient (Wildman–Crippen LogP) is 1.78. The molecule has 90 valence electrons. The first-order chi connectivity index (χ1) is 6.81. The Morgan fingerprint density at radius 2 is 1.80 bits per heavy atom. The number of rotatable bonds is 6. The summed E-state index contributed by atoms with van der Waals surface area (Å²) in [5.41, 5.74) is 0.307. The molecule has 2 N–H and O–H groups in total. The van der Waals surface area contributed by atoms with E-state index in [0.717, 1.165) is 19.6 Å². The Kier molecular flexibility index (Phi) is 6.57. The molecule has 0 bridgehead atoms. The highest BCUT2D eigenvalue weighted by atomic mass is 16.1. The maximum atomic E-state index is 11.3. The minimum atomic E-state index is 0.155. The monoisotopic (exact) mass is 214 g/mol. The summed E-state index contributed by atoms with van der Waals surface area (Å²) in [6.45, 7) is 13.2. The van der Waals surface area contributed by atoms with Crippen molar-refractivity contribution in [3.05, 3.63) is 0 Å². The molecular formula is C12H26N2O. The summed E-state index contributed by atoms with van der Waals surface area (Å²) < 4.78 is 0. The van der Waals surface area contributed by atoms with E-state index in [-0.39, 0.29) is 5.91 Å². The van der Waals surface area contributed by atoms with Gasteiger partial charge in [0.05, 0.1) is 0 Å². The van der Waals surface area contributed by atoms with Gasteiger partial charge in [-0.15, -0.1) is 0 Å². The molecule has 0 saturated carbocycles. The molecule has 0 spiro atoms. The third-order valence-corrected chi connectivity index (χ3v) is 1.87. The fourth-order valence-corrected chi connectivity index (χ4v) is 1.20. The van der Waals surface area contributed by atoms with Gasteiger partial charge in [-0.05, 0) is 11.3 Å². The van der Waals surface area contributed by atoms with E-state index in [9.17, 15) is 4.79 Å². The Morgan fingerprint density at radius 3 is 2.27 bits per heavy atom. The van der Waals surface area contributed by atoms with Crippen molar-refractivity contribution < 1.29 is 4.79 Å². The van der Waals surface area contributed by atoms with E-state index in [1.54, 1.807) is 0 Å². The SMILES string of the molecule is CC(C)CC(=O)NCCNCC(C)(C)C. The topological polar surface area (TPSA) is 41.1 Å². The summed E-state index contributed by atoms with van der Waals surface area (Å²) in [6.07, 6.45) is 0.624. The fourth-order valence-electron chi connectivity index (χ4n) is 1.20. The van der Waals surface area contributed by atoms with Gasteiger partial charge >= 0.3 is 0 Å². The van der Waals surface area contributed by atoms with Gasteiger partial charge in [0.1, 0.15) is 0 Å². The third kappa shape index (κ3) is 11.4. The number of amides is 1. The van der Waals surface area contributed by atoms with E-state index < -0.39 is 0 Å². The lowest BCUT2D eigenvalue weighted by Crippen LogP contribution is -2.35. The number of hydrogen-bond acceptors (Lipinski definition) is 2. The van der Waals surface area contributed by atoms with E-state index >= 15 is 0 Å². The molecule has 0 aliphatic heterocycles. The second kappa shape index (κ2) is 6.83. The number of carbonyl (C=O) groups is 1. The van der Waals surface area contributed by atoms with Gasteiger partial charge in [-0.2, -0.15) is 0 Å². The van der Waals surface area contributed by atoms with Crippen LogP contribution in [0.2, 0.25) is 0 Å². The molecule has 15 heavy (non-hydrogen) atoms. The standard InChI is InChI=1S/C12H26N2O/c1-10(2)8-11(15)14-7-6-13-9-12(3,4)5/h10,13H,6-9H2,1-5H3,(H,14,15). The lowest BCUT2D eigenvalue weighted by molar-refractivity contribution is -0.121. The molecule has 3 heteroatoms. The first-order valence-electron chi connectivity index (χ1n) is 5.78. The molecule has 0 aliphatic rings. The minimum absolute atomic E-state index is 0.155. The zero-order valence-electron chi connectivity index (χ0n) is 10.8. The Balaban J connectivity index is 3.35. The Morgan fingerprint density at radius 1 is 1.20 bits per heavy atom. The van der Waals surface area contributed by atoms with Crippen LogP contribution in [0.15, 0.2) is 0 Å². The van der Waals surface area contributed by atoms with E-state index in [2.05, 4.69) is 45.3 Å². The van der Waals surface area contributed by atoms with E-state index in [0.29, 0.717) is 17.8 Å². The van der Waals surface area contributed by atoms with Crippen molar-refractivity contribution in [2.45, 2.75) is 41.0 Å². The van der Waals surface area contributed by atoms with E-state index in [1.807, 2.05) is 0 Å². The maximum Gasteiger partial charge on any atom is 0.220 e. The first kappa shape index (κ1) is 14.4. The smallest absolute Gasteiger partial charge is 0.220 e. The Labute approximate surface area is 94.0 Å². The molecule has 0 aromatic heterocycles. The van der Waals surface area contributed by atoms with Crippen LogP contribution in [0.5, 0.6) is 0 Å². The average Bonchev–Trinajstić information content (AvgIpc) is 1.99. The molecular weight excluding hydrogens is 188 g/mol. The molecule has 0 atom stereocenters. The molecule has 0 aliphatic carbocycles. The van der Waals surface area contributed by atoms with Crippen molar-refractivity contribution in [3.63, 3.8) is 0 Å². The molecule has 0 rings (SSSR count). The summed E-state index contributed by atoms with van der Waals surface area (Å²) in [7, 11) is 0. The number of nitrogens with one attached hydrogen (secondary N) is 2. The predicted molar refractivity (Wildman–Crippen MR) is 64.8 cm³/mol. The molecule has 0 aromatic rings. The Bertz CT molecular complexity index is 183. The zero-order valence-corrected chi connectivity index (χ0v) is 10.8. The van der Waals surface area contributed by atoms with Crippen molar-refractivity contribution in [3.8, 4) is 0 Å². The number of carbonyl (C=O) groups excluding carboxylic acids is 1. The first-order valence-corrected chi connectivity index (χ1v) is 5.78. The molecule has 0 fully saturated rings. The van der Waals surface area contributed by atoms with Crippen LogP contribution in [0, 0.1) is 11.3 Å². The largest absolute Gasteiger partial charge is 0.355 e. The van der Waals surface area contributed by atoms with Crippen LogP contribution in [0.1, 0.15) is 41.0 Å². The van der Waals surface area contributed by atoms with Crippen LogP contribution in [0.25, 0.3) is 0 Å². The van der Waals surface area contributed by atoms with Crippen LogP contribution in [-0.2, 0) is 4.79 Å². The van der Waals surface area contributed by atoms with Crippen LogP contribution in [-0.4, -0.2) is 25.5 Å². The molecule has 0 aromatic carbocycles. The highest BCUT2D eigenvalue weighted by Gasteiger charge is 2.08. The van der Waals surface area contributed by atoms with Crippen LogP contribution in [0.3, 0.4) is 0 Å². The van der Waals surface area contributed by atoms with Gasteiger partial charge in [0.2, 0.25) is 5.91 Å². The highest BCUT2D eigenvalue weighted by Crippen LogP contribution is 2.09. The van der Waals surface area contributed by atoms with Gasteiger partial charge in [0.15, 0.2) is 0 Å². The van der Waals surface area contributed by atoms with Crippen molar-refractivity contribution in [1.82, 2.24) is 10.6 Å².